The minimum absolute atomic E-state index is 0.00838. The normalized spacial score (nSPS) is 16.4. The average molecular weight is 511 g/mol. The van der Waals surface area contributed by atoms with E-state index in [1.54, 1.807) is 13.0 Å². The highest BCUT2D eigenvalue weighted by Crippen LogP contribution is 2.28. The summed E-state index contributed by atoms with van der Waals surface area (Å²) in [6, 6.07) is 11.7. The largest absolute Gasteiger partial charge is 0.493 e. The van der Waals surface area contributed by atoms with Crippen molar-refractivity contribution in [2.45, 2.75) is 39.3 Å². The van der Waals surface area contributed by atoms with Crippen LogP contribution in [0.4, 0.5) is 0 Å². The molecule has 1 amide bonds. The Labute approximate surface area is 212 Å². The second-order valence-electron chi connectivity index (χ2n) is 8.31. The molecule has 0 radical (unpaired) electrons. The molecule has 0 spiro atoms. The van der Waals surface area contributed by atoms with E-state index in [-0.39, 0.29) is 30.7 Å². The molecule has 0 saturated carbocycles. The first-order chi connectivity index (χ1) is 17.5. The van der Waals surface area contributed by atoms with Crippen molar-refractivity contribution in [3.63, 3.8) is 0 Å². The molecular formula is C27H30N2O6S. The van der Waals surface area contributed by atoms with Crippen LogP contribution in [0.5, 0.6) is 5.75 Å². The van der Waals surface area contributed by atoms with E-state index in [0.29, 0.717) is 34.7 Å². The Bertz CT molecular complexity index is 1420. The van der Waals surface area contributed by atoms with E-state index in [1.165, 1.54) is 10.6 Å². The molecule has 1 aliphatic rings. The second-order valence-corrected chi connectivity index (χ2v) is 9.37. The molecule has 4 rings (SSSR count). The Balaban J connectivity index is 1.77. The zero-order valence-corrected chi connectivity index (χ0v) is 21.3. The van der Waals surface area contributed by atoms with Gasteiger partial charge in [-0.25, -0.2) is 4.79 Å². The smallest absolute Gasteiger partial charge is 0.333 e. The summed E-state index contributed by atoms with van der Waals surface area (Å²) in [5.41, 5.74) is 0.407. The van der Waals surface area contributed by atoms with Crippen molar-refractivity contribution < 1.29 is 23.8 Å². The van der Waals surface area contributed by atoms with Crippen molar-refractivity contribution in [1.82, 2.24) is 9.88 Å². The summed E-state index contributed by atoms with van der Waals surface area (Å²) < 4.78 is 18.5. The quantitative estimate of drug-likeness (QED) is 0.442. The predicted molar refractivity (Wildman–Crippen MR) is 140 cm³/mol. The second kappa shape index (κ2) is 12.0. The van der Waals surface area contributed by atoms with Crippen molar-refractivity contribution in [2.24, 2.45) is 0 Å². The Morgan fingerprint density at radius 2 is 2.03 bits per heavy atom. The van der Waals surface area contributed by atoms with Gasteiger partial charge in [-0.05, 0) is 49.6 Å². The van der Waals surface area contributed by atoms with E-state index in [0.717, 1.165) is 40.5 Å². The highest BCUT2D eigenvalue weighted by atomic mass is 32.1. The fraction of sp³-hybridized carbons (Fsp3) is 0.370. The van der Waals surface area contributed by atoms with Crippen LogP contribution in [0, 0.1) is 0 Å². The number of rotatable bonds is 9. The third-order valence-corrected chi connectivity index (χ3v) is 6.88. The third kappa shape index (κ3) is 6.03. The lowest BCUT2D eigenvalue weighted by Crippen LogP contribution is -2.40. The van der Waals surface area contributed by atoms with Crippen LogP contribution in [-0.4, -0.2) is 48.9 Å². The molecule has 2 aromatic carbocycles. The maximum absolute atomic E-state index is 13.5. The molecular weight excluding hydrogens is 480 g/mol. The van der Waals surface area contributed by atoms with E-state index >= 15 is 0 Å². The Hall–Kier alpha value is -3.43. The number of hydrogen-bond acceptors (Lipinski definition) is 7. The van der Waals surface area contributed by atoms with Crippen molar-refractivity contribution in [2.75, 3.05) is 26.4 Å². The summed E-state index contributed by atoms with van der Waals surface area (Å²) in [6.07, 6.45) is 4.88. The van der Waals surface area contributed by atoms with E-state index in [9.17, 15) is 14.4 Å². The lowest BCUT2D eigenvalue weighted by atomic mass is 10.0. The van der Waals surface area contributed by atoms with E-state index in [4.69, 9.17) is 14.2 Å². The standard InChI is InChI=1S/C27H30N2O6S/c1-3-33-22-12-11-18-8-5-6-10-20(18)21(22)14-23-27(32)29(25(36-23)15-26(31)34-4-2)17-24(30)28-16-19-9-7-13-35-19/h5-6,8,10-12,14-15,19H,3-4,7,9,13,16-17H2,1-2H3,(H,28,30)/b23-14-,25-15-/t19-/m1/s1. The van der Waals surface area contributed by atoms with Crippen LogP contribution in [0.15, 0.2) is 41.2 Å². The maximum Gasteiger partial charge on any atom is 0.333 e. The zero-order valence-electron chi connectivity index (χ0n) is 20.5. The van der Waals surface area contributed by atoms with Crippen molar-refractivity contribution in [3.8, 4) is 5.75 Å². The minimum Gasteiger partial charge on any atom is -0.493 e. The van der Waals surface area contributed by atoms with Crippen molar-refractivity contribution >= 4 is 46.1 Å². The molecule has 0 unspecified atom stereocenters. The number of esters is 1. The van der Waals surface area contributed by atoms with Gasteiger partial charge in [0.25, 0.3) is 5.56 Å². The van der Waals surface area contributed by atoms with Crippen LogP contribution < -0.4 is 24.8 Å². The van der Waals surface area contributed by atoms with Crippen LogP contribution in [-0.2, 0) is 25.6 Å². The number of benzene rings is 2. The third-order valence-electron chi connectivity index (χ3n) is 5.82. The Morgan fingerprint density at radius 1 is 1.19 bits per heavy atom. The van der Waals surface area contributed by atoms with Gasteiger partial charge in [0.1, 0.15) is 17.0 Å². The number of nitrogens with one attached hydrogen (secondary N) is 1. The molecule has 36 heavy (non-hydrogen) atoms. The highest BCUT2D eigenvalue weighted by Gasteiger charge is 2.17. The number of amides is 1. The SMILES string of the molecule is CCOC(=O)/C=c1\s/c(=C\c2c(OCC)ccc3ccccc23)c(=O)n1CC(=O)NC[C@H]1CCCO1. The fourth-order valence-electron chi connectivity index (χ4n) is 4.15. The van der Waals surface area contributed by atoms with Gasteiger partial charge in [-0.15, -0.1) is 11.3 Å². The van der Waals surface area contributed by atoms with Crippen LogP contribution >= 0.6 is 11.3 Å². The first-order valence-corrected chi connectivity index (χ1v) is 12.9. The van der Waals surface area contributed by atoms with Crippen LogP contribution in [0.2, 0.25) is 0 Å². The number of carbonyl (C=O) groups is 2. The molecule has 0 aliphatic carbocycles. The summed E-state index contributed by atoms with van der Waals surface area (Å²) >= 11 is 1.13. The summed E-state index contributed by atoms with van der Waals surface area (Å²) in [7, 11) is 0. The fourth-order valence-corrected chi connectivity index (χ4v) is 5.16. The molecule has 3 aromatic rings. The molecule has 1 aromatic heterocycles. The summed E-state index contributed by atoms with van der Waals surface area (Å²) in [6.45, 7) is 5.16. The van der Waals surface area contributed by atoms with Gasteiger partial charge in [-0.3, -0.25) is 14.2 Å². The lowest BCUT2D eigenvalue weighted by molar-refractivity contribution is -0.135. The summed E-state index contributed by atoms with van der Waals surface area (Å²) in [5.74, 6) is -0.240. The van der Waals surface area contributed by atoms with Gasteiger partial charge in [0, 0.05) is 18.7 Å². The van der Waals surface area contributed by atoms with Gasteiger partial charge in [0.05, 0.1) is 29.9 Å². The molecule has 2 heterocycles. The van der Waals surface area contributed by atoms with Gasteiger partial charge < -0.3 is 19.5 Å². The van der Waals surface area contributed by atoms with Gasteiger partial charge in [0.15, 0.2) is 0 Å². The van der Waals surface area contributed by atoms with Gasteiger partial charge in [-0.2, -0.15) is 0 Å². The average Bonchev–Trinajstić information content (AvgIpc) is 3.49. The van der Waals surface area contributed by atoms with Crippen molar-refractivity contribution in [1.29, 1.82) is 0 Å². The van der Waals surface area contributed by atoms with Crippen LogP contribution in [0.25, 0.3) is 22.9 Å². The predicted octanol–water partition coefficient (Wildman–Crippen LogP) is 1.93. The number of nitrogens with zero attached hydrogens (tertiary/aromatic N) is 1. The van der Waals surface area contributed by atoms with Gasteiger partial charge in [0.2, 0.25) is 5.91 Å². The van der Waals surface area contributed by atoms with E-state index in [1.807, 2.05) is 43.3 Å². The first-order valence-electron chi connectivity index (χ1n) is 12.1. The first kappa shape index (κ1) is 25.7. The molecule has 1 atom stereocenters. The summed E-state index contributed by atoms with van der Waals surface area (Å²) in [4.78, 5) is 38.4. The maximum atomic E-state index is 13.5. The zero-order chi connectivity index (χ0) is 25.5. The summed E-state index contributed by atoms with van der Waals surface area (Å²) in [5, 5.41) is 4.78. The highest BCUT2D eigenvalue weighted by molar-refractivity contribution is 7.07. The molecule has 0 bridgehead atoms. The van der Waals surface area contributed by atoms with E-state index in [2.05, 4.69) is 5.32 Å². The van der Waals surface area contributed by atoms with Crippen molar-refractivity contribution in [3.05, 3.63) is 61.5 Å². The topological polar surface area (TPSA) is 95.9 Å². The number of carbonyl (C=O) groups excluding carboxylic acids is 2. The minimum atomic E-state index is -0.570. The molecule has 8 nitrogen and oxygen atoms in total. The number of hydrogen-bond donors (Lipinski definition) is 1. The molecule has 9 heteroatoms. The molecule has 1 N–H and O–H groups in total. The Kier molecular flexibility index (Phi) is 8.56. The molecule has 1 fully saturated rings. The number of thiazole rings is 1. The Morgan fingerprint density at radius 3 is 2.78 bits per heavy atom. The monoisotopic (exact) mass is 510 g/mol. The molecule has 190 valence electrons. The van der Waals surface area contributed by atoms with Crippen LogP contribution in [0.3, 0.4) is 0 Å². The number of fused-ring (bicyclic) bond motifs is 1. The molecule has 1 aliphatic heterocycles. The molecule has 1 saturated heterocycles. The number of aromatic nitrogens is 1. The van der Waals surface area contributed by atoms with Crippen LogP contribution in [0.1, 0.15) is 32.3 Å². The van der Waals surface area contributed by atoms with Gasteiger partial charge in [-0.1, -0.05) is 30.3 Å². The van der Waals surface area contributed by atoms with Gasteiger partial charge >= 0.3 is 5.97 Å². The van der Waals surface area contributed by atoms with E-state index < -0.39 is 5.97 Å². The number of ether oxygens (including phenoxy) is 3. The lowest BCUT2D eigenvalue weighted by Gasteiger charge is -2.11.